The Labute approximate surface area is 138 Å². The maximum atomic E-state index is 11.9. The van der Waals surface area contributed by atoms with Crippen LogP contribution in [0.5, 0.6) is 0 Å². The summed E-state index contributed by atoms with van der Waals surface area (Å²) in [5.74, 6) is -0.337. The van der Waals surface area contributed by atoms with E-state index in [1.807, 2.05) is 53.7 Å². The molecule has 5 nitrogen and oxygen atoms in total. The Morgan fingerprint density at radius 3 is 1.91 bits per heavy atom. The lowest BCUT2D eigenvalue weighted by Crippen LogP contribution is -2.33. The summed E-state index contributed by atoms with van der Waals surface area (Å²) in [5.41, 5.74) is 0.531. The first kappa shape index (κ1) is 19.0. The zero-order chi connectivity index (χ0) is 17.7. The van der Waals surface area contributed by atoms with Crippen molar-refractivity contribution >= 4 is 12.1 Å². The molecule has 1 aromatic rings. The Bertz CT molecular complexity index is 536. The molecule has 0 aromatic heterocycles. The van der Waals surface area contributed by atoms with Crippen molar-refractivity contribution in [2.45, 2.75) is 59.2 Å². The maximum Gasteiger partial charge on any atom is 0.407 e. The zero-order valence-corrected chi connectivity index (χ0v) is 14.9. The Morgan fingerprint density at radius 1 is 0.913 bits per heavy atom. The van der Waals surface area contributed by atoms with Gasteiger partial charge in [0, 0.05) is 6.54 Å². The second-order valence-corrected chi connectivity index (χ2v) is 7.38. The summed E-state index contributed by atoms with van der Waals surface area (Å²) in [7, 11) is 0. The molecule has 0 bridgehead atoms. The summed E-state index contributed by atoms with van der Waals surface area (Å²) in [6, 6.07) is 7.18. The number of amides is 1. The molecule has 0 radical (unpaired) electrons. The molecule has 0 aliphatic heterocycles. The first-order chi connectivity index (χ1) is 10.5. The highest BCUT2D eigenvalue weighted by molar-refractivity contribution is 5.89. The number of nitrogens with one attached hydrogen (secondary N) is 1. The number of carbonyl (C=O) groups excluding carboxylic acids is 2. The predicted molar refractivity (Wildman–Crippen MR) is 89.6 cm³/mol. The first-order valence-electron chi connectivity index (χ1n) is 7.75. The van der Waals surface area contributed by atoms with Crippen LogP contribution >= 0.6 is 0 Å². The SMILES string of the molecule is CC(C)(C)OC(=O)NCCc1ccc(C(=O)OC(C)(C)C)cc1. The van der Waals surface area contributed by atoms with E-state index in [4.69, 9.17) is 9.47 Å². The molecule has 0 aliphatic carbocycles. The molecule has 0 saturated heterocycles. The molecule has 0 atom stereocenters. The lowest BCUT2D eigenvalue weighted by Gasteiger charge is -2.20. The van der Waals surface area contributed by atoms with E-state index in [-0.39, 0.29) is 5.97 Å². The van der Waals surface area contributed by atoms with Crippen LogP contribution in [0.25, 0.3) is 0 Å². The van der Waals surface area contributed by atoms with E-state index in [0.717, 1.165) is 5.56 Å². The molecule has 0 aliphatic rings. The highest BCUT2D eigenvalue weighted by Crippen LogP contribution is 2.13. The zero-order valence-electron chi connectivity index (χ0n) is 14.9. The summed E-state index contributed by atoms with van der Waals surface area (Å²) >= 11 is 0. The predicted octanol–water partition coefficient (Wildman–Crippen LogP) is 3.71. The molecule has 0 unspecified atom stereocenters. The molecule has 1 aromatic carbocycles. The van der Waals surface area contributed by atoms with Gasteiger partial charge in [0.1, 0.15) is 11.2 Å². The molecule has 0 spiro atoms. The molecular weight excluding hydrogens is 294 g/mol. The maximum absolute atomic E-state index is 11.9. The molecule has 1 N–H and O–H groups in total. The minimum atomic E-state index is -0.507. The van der Waals surface area contributed by atoms with E-state index >= 15 is 0 Å². The van der Waals surface area contributed by atoms with Gasteiger partial charge in [-0.3, -0.25) is 0 Å². The van der Waals surface area contributed by atoms with Crippen molar-refractivity contribution in [3.8, 4) is 0 Å². The second kappa shape index (κ2) is 7.49. The van der Waals surface area contributed by atoms with Gasteiger partial charge in [0.15, 0.2) is 0 Å². The number of hydrogen-bond acceptors (Lipinski definition) is 4. The minimum Gasteiger partial charge on any atom is -0.456 e. The third-order valence-corrected chi connectivity index (χ3v) is 2.67. The van der Waals surface area contributed by atoms with E-state index < -0.39 is 17.3 Å². The fraction of sp³-hybridized carbons (Fsp3) is 0.556. The van der Waals surface area contributed by atoms with Gasteiger partial charge in [0.2, 0.25) is 0 Å². The minimum absolute atomic E-state index is 0.337. The van der Waals surface area contributed by atoms with Crippen LogP contribution in [-0.2, 0) is 15.9 Å². The van der Waals surface area contributed by atoms with Crippen molar-refractivity contribution in [3.05, 3.63) is 35.4 Å². The van der Waals surface area contributed by atoms with Gasteiger partial charge in [-0.05, 0) is 65.7 Å². The fourth-order valence-electron chi connectivity index (χ4n) is 1.77. The molecule has 128 valence electrons. The van der Waals surface area contributed by atoms with Gasteiger partial charge >= 0.3 is 12.1 Å². The van der Waals surface area contributed by atoms with Gasteiger partial charge in [-0.15, -0.1) is 0 Å². The quantitative estimate of drug-likeness (QED) is 0.859. The topological polar surface area (TPSA) is 64.6 Å². The normalized spacial score (nSPS) is 11.7. The number of hydrogen-bond donors (Lipinski definition) is 1. The largest absolute Gasteiger partial charge is 0.456 e. The van der Waals surface area contributed by atoms with Crippen LogP contribution in [0, 0.1) is 0 Å². The standard InChI is InChI=1S/C18H27NO4/c1-17(2,3)22-15(20)14-9-7-13(8-10-14)11-12-19-16(21)23-18(4,5)6/h7-10H,11-12H2,1-6H3,(H,19,21). The van der Waals surface area contributed by atoms with E-state index in [0.29, 0.717) is 18.5 Å². The Balaban J connectivity index is 2.46. The van der Waals surface area contributed by atoms with Gasteiger partial charge in [0.25, 0.3) is 0 Å². The summed E-state index contributed by atoms with van der Waals surface area (Å²) in [6.07, 6.45) is 0.233. The second-order valence-electron chi connectivity index (χ2n) is 7.38. The Hall–Kier alpha value is -2.04. The first-order valence-corrected chi connectivity index (χ1v) is 7.75. The number of alkyl carbamates (subject to hydrolysis) is 1. The molecule has 1 amide bonds. The van der Waals surface area contributed by atoms with Crippen molar-refractivity contribution in [2.75, 3.05) is 6.54 Å². The average molecular weight is 321 g/mol. The molecule has 0 fully saturated rings. The van der Waals surface area contributed by atoms with Crippen LogP contribution in [0.3, 0.4) is 0 Å². The fourth-order valence-corrected chi connectivity index (χ4v) is 1.77. The van der Waals surface area contributed by atoms with Gasteiger partial charge in [0.05, 0.1) is 5.56 Å². The molecular formula is C18H27NO4. The highest BCUT2D eigenvalue weighted by Gasteiger charge is 2.18. The Kier molecular flexibility index (Phi) is 6.19. The van der Waals surface area contributed by atoms with Crippen LogP contribution in [0.1, 0.15) is 57.5 Å². The van der Waals surface area contributed by atoms with Crippen molar-refractivity contribution in [3.63, 3.8) is 0 Å². The van der Waals surface area contributed by atoms with Crippen LogP contribution in [0.4, 0.5) is 4.79 Å². The van der Waals surface area contributed by atoms with Crippen LogP contribution in [0.2, 0.25) is 0 Å². The molecule has 23 heavy (non-hydrogen) atoms. The number of rotatable bonds is 4. The van der Waals surface area contributed by atoms with Crippen LogP contribution in [0.15, 0.2) is 24.3 Å². The van der Waals surface area contributed by atoms with Gasteiger partial charge in [-0.1, -0.05) is 12.1 Å². The van der Waals surface area contributed by atoms with Crippen LogP contribution < -0.4 is 5.32 Å². The smallest absolute Gasteiger partial charge is 0.407 e. The third-order valence-electron chi connectivity index (χ3n) is 2.67. The van der Waals surface area contributed by atoms with Crippen molar-refractivity contribution < 1.29 is 19.1 Å². The van der Waals surface area contributed by atoms with Gasteiger partial charge < -0.3 is 14.8 Å². The summed E-state index contributed by atoms with van der Waals surface area (Å²) in [6.45, 7) is 11.4. The van der Waals surface area contributed by atoms with Gasteiger partial charge in [-0.2, -0.15) is 0 Å². The van der Waals surface area contributed by atoms with E-state index in [9.17, 15) is 9.59 Å². The highest BCUT2D eigenvalue weighted by atomic mass is 16.6. The van der Waals surface area contributed by atoms with Crippen molar-refractivity contribution in [1.82, 2.24) is 5.32 Å². The summed E-state index contributed by atoms with van der Waals surface area (Å²) < 4.78 is 10.5. The Morgan fingerprint density at radius 2 is 1.43 bits per heavy atom. The molecule has 0 heterocycles. The monoisotopic (exact) mass is 321 g/mol. The summed E-state index contributed by atoms with van der Waals surface area (Å²) in [5, 5.41) is 2.70. The van der Waals surface area contributed by atoms with Gasteiger partial charge in [-0.25, -0.2) is 9.59 Å². The number of carbonyl (C=O) groups is 2. The van der Waals surface area contributed by atoms with Crippen LogP contribution in [-0.4, -0.2) is 29.8 Å². The summed E-state index contributed by atoms with van der Waals surface area (Å²) in [4.78, 5) is 23.4. The van der Waals surface area contributed by atoms with Crippen molar-refractivity contribution in [2.24, 2.45) is 0 Å². The number of ether oxygens (including phenoxy) is 2. The number of esters is 1. The average Bonchev–Trinajstić information content (AvgIpc) is 2.35. The molecule has 1 rings (SSSR count). The third kappa shape index (κ3) is 8.24. The molecule has 0 saturated carbocycles. The lowest BCUT2D eigenvalue weighted by molar-refractivity contribution is 0.00692. The van der Waals surface area contributed by atoms with Crippen molar-refractivity contribution in [1.29, 1.82) is 0 Å². The van der Waals surface area contributed by atoms with E-state index in [2.05, 4.69) is 5.32 Å². The number of benzene rings is 1. The van der Waals surface area contributed by atoms with E-state index in [1.165, 1.54) is 0 Å². The van der Waals surface area contributed by atoms with E-state index in [1.54, 1.807) is 12.1 Å². The molecule has 5 heteroatoms. The lowest BCUT2D eigenvalue weighted by atomic mass is 10.1.